The van der Waals surface area contributed by atoms with Gasteiger partial charge in [0.05, 0.1) is 6.10 Å². The molecular formula is C16H21N3O2. The summed E-state index contributed by atoms with van der Waals surface area (Å²) in [6, 6.07) is 7.98. The number of aromatic nitrogens is 2. The molecule has 1 aromatic carbocycles. The van der Waals surface area contributed by atoms with Gasteiger partial charge in [-0.25, -0.2) is 0 Å². The van der Waals surface area contributed by atoms with Crippen molar-refractivity contribution in [1.82, 2.24) is 10.1 Å². The monoisotopic (exact) mass is 287 g/mol. The molecule has 21 heavy (non-hydrogen) atoms. The van der Waals surface area contributed by atoms with Crippen molar-refractivity contribution in [3.05, 3.63) is 35.7 Å². The molecule has 112 valence electrons. The molecule has 0 saturated carbocycles. The van der Waals surface area contributed by atoms with Crippen LogP contribution in [0.5, 0.6) is 0 Å². The summed E-state index contributed by atoms with van der Waals surface area (Å²) in [6.45, 7) is 4.81. The minimum atomic E-state index is 0.0287. The lowest BCUT2D eigenvalue weighted by atomic mass is 9.96. The Morgan fingerprint density at radius 3 is 2.71 bits per heavy atom. The smallest absolute Gasteiger partial charge is 0.257 e. The number of nitrogens with two attached hydrogens (primary N) is 1. The van der Waals surface area contributed by atoms with Crippen LogP contribution >= 0.6 is 0 Å². The Bertz CT molecular complexity index is 592. The molecule has 1 aromatic heterocycles. The Kier molecular flexibility index (Phi) is 4.03. The summed E-state index contributed by atoms with van der Waals surface area (Å²) in [4.78, 5) is 4.55. The summed E-state index contributed by atoms with van der Waals surface area (Å²) in [5, 5.41) is 4.14. The molecule has 3 unspecified atom stereocenters. The fraction of sp³-hybridized carbons (Fsp3) is 0.500. The second kappa shape index (κ2) is 5.95. The van der Waals surface area contributed by atoms with E-state index in [9.17, 15) is 0 Å². The maximum atomic E-state index is 5.85. The van der Waals surface area contributed by atoms with Crippen molar-refractivity contribution in [3.63, 3.8) is 0 Å². The Morgan fingerprint density at radius 1 is 1.29 bits per heavy atom. The third-order valence-electron chi connectivity index (χ3n) is 3.98. The highest BCUT2D eigenvalue weighted by molar-refractivity contribution is 5.53. The lowest BCUT2D eigenvalue weighted by molar-refractivity contribution is 0.0169. The van der Waals surface area contributed by atoms with Gasteiger partial charge in [-0.15, -0.1) is 0 Å². The number of hydrogen-bond donors (Lipinski definition) is 1. The molecule has 5 heteroatoms. The standard InChI is InChI=1S/C16H21N3O2/c1-10-9-14(7-8-20-10)15-18-16(21-19-15)13-5-3-12(4-6-13)11(2)17/h3-6,10-11,14H,7-9,17H2,1-2H3. The largest absolute Gasteiger partial charge is 0.378 e. The van der Waals surface area contributed by atoms with E-state index in [0.29, 0.717) is 11.8 Å². The van der Waals surface area contributed by atoms with E-state index in [2.05, 4.69) is 17.1 Å². The zero-order valence-corrected chi connectivity index (χ0v) is 12.5. The van der Waals surface area contributed by atoms with Gasteiger partial charge in [0, 0.05) is 24.1 Å². The molecule has 5 nitrogen and oxygen atoms in total. The predicted molar refractivity (Wildman–Crippen MR) is 79.7 cm³/mol. The molecule has 1 saturated heterocycles. The van der Waals surface area contributed by atoms with Gasteiger partial charge in [0.1, 0.15) is 0 Å². The molecule has 2 aromatic rings. The van der Waals surface area contributed by atoms with E-state index < -0.39 is 0 Å². The summed E-state index contributed by atoms with van der Waals surface area (Å²) in [6.07, 6.45) is 2.16. The number of ether oxygens (including phenoxy) is 1. The lowest BCUT2D eigenvalue weighted by Crippen LogP contribution is -2.22. The summed E-state index contributed by atoms with van der Waals surface area (Å²) >= 11 is 0. The average Bonchev–Trinajstić information content (AvgIpc) is 2.97. The van der Waals surface area contributed by atoms with Gasteiger partial charge in [-0.1, -0.05) is 17.3 Å². The normalized spacial score (nSPS) is 24.0. The Labute approximate surface area is 124 Å². The van der Waals surface area contributed by atoms with Gasteiger partial charge in [0.2, 0.25) is 0 Å². The molecule has 1 fully saturated rings. The zero-order chi connectivity index (χ0) is 14.8. The molecule has 1 aliphatic heterocycles. The van der Waals surface area contributed by atoms with Crippen LogP contribution in [0.25, 0.3) is 11.5 Å². The third-order valence-corrected chi connectivity index (χ3v) is 3.98. The summed E-state index contributed by atoms with van der Waals surface area (Å²) < 4.78 is 11.0. The molecule has 3 rings (SSSR count). The van der Waals surface area contributed by atoms with E-state index in [1.807, 2.05) is 31.2 Å². The Morgan fingerprint density at radius 2 is 2.05 bits per heavy atom. The van der Waals surface area contributed by atoms with Crippen LogP contribution in [0, 0.1) is 0 Å². The van der Waals surface area contributed by atoms with Crippen LogP contribution in [0.3, 0.4) is 0 Å². The molecule has 3 atom stereocenters. The first-order valence-corrected chi connectivity index (χ1v) is 7.44. The number of benzene rings is 1. The van der Waals surface area contributed by atoms with Crippen molar-refractivity contribution < 1.29 is 9.26 Å². The van der Waals surface area contributed by atoms with Crippen LogP contribution in [0.4, 0.5) is 0 Å². The van der Waals surface area contributed by atoms with Crippen LogP contribution in [0.15, 0.2) is 28.8 Å². The Balaban J connectivity index is 1.78. The van der Waals surface area contributed by atoms with Crippen LogP contribution in [0.2, 0.25) is 0 Å². The molecule has 0 radical (unpaired) electrons. The maximum absolute atomic E-state index is 5.85. The summed E-state index contributed by atoms with van der Waals surface area (Å²) in [7, 11) is 0. The van der Waals surface area contributed by atoms with Crippen LogP contribution < -0.4 is 5.73 Å². The summed E-state index contributed by atoms with van der Waals surface area (Å²) in [5.74, 6) is 1.69. The number of rotatable bonds is 3. The van der Waals surface area contributed by atoms with Crippen molar-refractivity contribution in [2.45, 2.75) is 44.8 Å². The topological polar surface area (TPSA) is 74.2 Å². The second-order valence-electron chi connectivity index (χ2n) is 5.77. The van der Waals surface area contributed by atoms with Gasteiger partial charge in [-0.3, -0.25) is 0 Å². The SMILES string of the molecule is CC1CC(c2noc(-c3ccc(C(C)N)cc3)n2)CCO1. The van der Waals surface area contributed by atoms with E-state index in [-0.39, 0.29) is 12.1 Å². The van der Waals surface area contributed by atoms with Gasteiger partial charge < -0.3 is 15.0 Å². The maximum Gasteiger partial charge on any atom is 0.257 e. The number of hydrogen-bond acceptors (Lipinski definition) is 5. The quantitative estimate of drug-likeness (QED) is 0.939. The molecule has 1 aliphatic rings. The molecular weight excluding hydrogens is 266 g/mol. The van der Waals surface area contributed by atoms with E-state index in [4.69, 9.17) is 15.0 Å². The minimum Gasteiger partial charge on any atom is -0.378 e. The molecule has 0 bridgehead atoms. The fourth-order valence-corrected chi connectivity index (χ4v) is 2.68. The zero-order valence-electron chi connectivity index (χ0n) is 12.5. The molecule has 0 amide bonds. The van der Waals surface area contributed by atoms with Crippen molar-refractivity contribution in [2.75, 3.05) is 6.61 Å². The first-order valence-electron chi connectivity index (χ1n) is 7.44. The number of nitrogens with zero attached hydrogens (tertiary/aromatic N) is 2. The van der Waals surface area contributed by atoms with Crippen LogP contribution in [-0.4, -0.2) is 22.9 Å². The fourth-order valence-electron chi connectivity index (χ4n) is 2.68. The van der Waals surface area contributed by atoms with Gasteiger partial charge in [-0.05, 0) is 44.4 Å². The van der Waals surface area contributed by atoms with Gasteiger partial charge >= 0.3 is 0 Å². The van der Waals surface area contributed by atoms with E-state index >= 15 is 0 Å². The molecule has 2 N–H and O–H groups in total. The highest BCUT2D eigenvalue weighted by Crippen LogP contribution is 2.29. The van der Waals surface area contributed by atoms with Crippen molar-refractivity contribution in [1.29, 1.82) is 0 Å². The van der Waals surface area contributed by atoms with Crippen LogP contribution in [0.1, 0.15) is 50.0 Å². The van der Waals surface area contributed by atoms with Gasteiger partial charge in [-0.2, -0.15) is 4.98 Å². The Hall–Kier alpha value is -1.72. The highest BCUT2D eigenvalue weighted by Gasteiger charge is 2.25. The molecule has 0 spiro atoms. The first-order chi connectivity index (χ1) is 10.1. The van der Waals surface area contributed by atoms with Gasteiger partial charge in [0.25, 0.3) is 5.89 Å². The average molecular weight is 287 g/mol. The van der Waals surface area contributed by atoms with Crippen molar-refractivity contribution in [2.24, 2.45) is 5.73 Å². The van der Waals surface area contributed by atoms with Gasteiger partial charge in [0.15, 0.2) is 5.82 Å². The molecule has 2 heterocycles. The van der Waals surface area contributed by atoms with Crippen molar-refractivity contribution >= 4 is 0 Å². The third kappa shape index (κ3) is 3.14. The lowest BCUT2D eigenvalue weighted by Gasteiger charge is -2.24. The van der Waals surface area contributed by atoms with Crippen molar-refractivity contribution in [3.8, 4) is 11.5 Å². The minimum absolute atomic E-state index is 0.0287. The first kappa shape index (κ1) is 14.2. The predicted octanol–water partition coefficient (Wildman–Crippen LogP) is 3.04. The van der Waals surface area contributed by atoms with E-state index in [1.54, 1.807) is 0 Å². The second-order valence-corrected chi connectivity index (χ2v) is 5.77. The van der Waals surface area contributed by atoms with E-state index in [0.717, 1.165) is 36.4 Å². The van der Waals surface area contributed by atoms with Crippen LogP contribution in [-0.2, 0) is 4.74 Å². The van der Waals surface area contributed by atoms with E-state index in [1.165, 1.54) is 0 Å². The molecule has 0 aliphatic carbocycles. The highest BCUT2D eigenvalue weighted by atomic mass is 16.5. The summed E-state index contributed by atoms with van der Waals surface area (Å²) in [5.41, 5.74) is 7.88.